The van der Waals surface area contributed by atoms with Crippen molar-refractivity contribution in [3.8, 4) is 0 Å². The zero-order valence-corrected chi connectivity index (χ0v) is 7.63. The Morgan fingerprint density at radius 1 is 1.64 bits per heavy atom. The normalized spacial score (nSPS) is 25.3. The van der Waals surface area contributed by atoms with Crippen molar-refractivity contribution in [1.82, 2.24) is 4.90 Å². The van der Waals surface area contributed by atoms with Gasteiger partial charge in [-0.05, 0) is 18.8 Å². The summed E-state index contributed by atoms with van der Waals surface area (Å²) in [6, 6.07) is 0.516. The lowest BCUT2D eigenvalue weighted by Gasteiger charge is -2.21. The van der Waals surface area contributed by atoms with E-state index in [0.29, 0.717) is 17.9 Å². The molecule has 0 aliphatic carbocycles. The molecule has 1 atom stereocenters. The summed E-state index contributed by atoms with van der Waals surface area (Å²) in [5.74, 6) is 1.02. The van der Waals surface area contributed by atoms with Crippen molar-refractivity contribution in [3.05, 3.63) is 0 Å². The molecule has 0 bridgehead atoms. The third kappa shape index (κ3) is 1.95. The van der Waals surface area contributed by atoms with Crippen molar-refractivity contribution < 1.29 is 4.79 Å². The number of amides is 1. The fourth-order valence-corrected chi connectivity index (χ4v) is 1.68. The van der Waals surface area contributed by atoms with Gasteiger partial charge in [0, 0.05) is 19.5 Å². The molecule has 1 saturated heterocycles. The molecule has 2 nitrogen and oxygen atoms in total. The summed E-state index contributed by atoms with van der Waals surface area (Å²) < 4.78 is 0. The Labute approximate surface area is 68.6 Å². The third-order valence-corrected chi connectivity index (χ3v) is 2.38. The zero-order chi connectivity index (χ0) is 8.43. The van der Waals surface area contributed by atoms with Crippen LogP contribution in [0.3, 0.4) is 0 Å². The number of rotatable bonds is 2. The maximum Gasteiger partial charge on any atom is 0.222 e. The molecule has 1 heterocycles. The van der Waals surface area contributed by atoms with Crippen molar-refractivity contribution >= 4 is 5.91 Å². The van der Waals surface area contributed by atoms with Gasteiger partial charge in [-0.2, -0.15) is 0 Å². The smallest absolute Gasteiger partial charge is 0.222 e. The van der Waals surface area contributed by atoms with Crippen LogP contribution in [0, 0.1) is 5.92 Å². The number of hydrogen-bond acceptors (Lipinski definition) is 1. The zero-order valence-electron chi connectivity index (χ0n) is 7.63. The molecule has 0 aromatic carbocycles. The van der Waals surface area contributed by atoms with E-state index in [4.69, 9.17) is 0 Å². The fourth-order valence-electron chi connectivity index (χ4n) is 1.68. The number of carbonyl (C=O) groups excluding carboxylic acids is 1. The highest BCUT2D eigenvalue weighted by Crippen LogP contribution is 2.22. The van der Waals surface area contributed by atoms with E-state index < -0.39 is 0 Å². The van der Waals surface area contributed by atoms with E-state index in [0.717, 1.165) is 19.3 Å². The van der Waals surface area contributed by atoms with Gasteiger partial charge in [0.05, 0.1) is 0 Å². The van der Waals surface area contributed by atoms with E-state index in [9.17, 15) is 4.79 Å². The first kappa shape index (κ1) is 8.57. The van der Waals surface area contributed by atoms with Gasteiger partial charge in [0.15, 0.2) is 0 Å². The minimum absolute atomic E-state index is 0.315. The summed E-state index contributed by atoms with van der Waals surface area (Å²) in [6.45, 7) is 4.41. The van der Waals surface area contributed by atoms with Crippen LogP contribution in [0.25, 0.3) is 0 Å². The molecule has 0 radical (unpaired) electrons. The maximum absolute atomic E-state index is 11.1. The average molecular weight is 155 g/mol. The highest BCUT2D eigenvalue weighted by molar-refractivity contribution is 5.78. The third-order valence-electron chi connectivity index (χ3n) is 2.38. The molecular formula is C9H17NO. The van der Waals surface area contributed by atoms with Crippen molar-refractivity contribution in [2.45, 2.75) is 39.2 Å². The summed E-state index contributed by atoms with van der Waals surface area (Å²) in [4.78, 5) is 13.0. The molecule has 1 aliphatic rings. The Bertz CT molecular complexity index is 154. The van der Waals surface area contributed by atoms with Gasteiger partial charge in [-0.15, -0.1) is 0 Å². The van der Waals surface area contributed by atoms with Crippen LogP contribution in [-0.4, -0.2) is 23.9 Å². The predicted molar refractivity (Wildman–Crippen MR) is 45.2 cm³/mol. The van der Waals surface area contributed by atoms with Crippen LogP contribution in [0.5, 0.6) is 0 Å². The molecule has 0 saturated carbocycles. The monoisotopic (exact) mass is 155 g/mol. The molecule has 2 heteroatoms. The van der Waals surface area contributed by atoms with Crippen LogP contribution in [0.4, 0.5) is 0 Å². The molecule has 1 amide bonds. The Hall–Kier alpha value is -0.530. The van der Waals surface area contributed by atoms with Crippen LogP contribution in [0.1, 0.15) is 33.1 Å². The van der Waals surface area contributed by atoms with E-state index in [-0.39, 0.29) is 0 Å². The minimum atomic E-state index is 0.315. The lowest BCUT2D eigenvalue weighted by Crippen LogP contribution is -2.29. The molecule has 0 spiro atoms. The van der Waals surface area contributed by atoms with Gasteiger partial charge in [-0.1, -0.05) is 13.8 Å². The van der Waals surface area contributed by atoms with Gasteiger partial charge in [0.2, 0.25) is 5.91 Å². The summed E-state index contributed by atoms with van der Waals surface area (Å²) in [6.07, 6.45) is 2.98. The van der Waals surface area contributed by atoms with E-state index in [2.05, 4.69) is 13.8 Å². The van der Waals surface area contributed by atoms with Gasteiger partial charge in [-0.25, -0.2) is 0 Å². The summed E-state index contributed by atoms with van der Waals surface area (Å²) >= 11 is 0. The summed E-state index contributed by atoms with van der Waals surface area (Å²) in [5, 5.41) is 0. The summed E-state index contributed by atoms with van der Waals surface area (Å²) in [5.41, 5.74) is 0. The second kappa shape index (κ2) is 3.24. The van der Waals surface area contributed by atoms with Crippen LogP contribution < -0.4 is 0 Å². The van der Waals surface area contributed by atoms with Crippen molar-refractivity contribution in [3.63, 3.8) is 0 Å². The lowest BCUT2D eigenvalue weighted by molar-refractivity contribution is -0.127. The molecular weight excluding hydrogens is 138 g/mol. The van der Waals surface area contributed by atoms with Gasteiger partial charge < -0.3 is 4.90 Å². The Morgan fingerprint density at radius 2 is 2.27 bits per heavy atom. The van der Waals surface area contributed by atoms with Crippen molar-refractivity contribution in [1.29, 1.82) is 0 Å². The highest BCUT2D eigenvalue weighted by Gasteiger charge is 2.27. The van der Waals surface area contributed by atoms with E-state index in [1.807, 2.05) is 11.9 Å². The van der Waals surface area contributed by atoms with Crippen molar-refractivity contribution in [2.75, 3.05) is 7.05 Å². The molecule has 1 rings (SSSR count). The second-order valence-corrected chi connectivity index (χ2v) is 3.83. The molecule has 11 heavy (non-hydrogen) atoms. The first-order chi connectivity index (χ1) is 5.11. The SMILES string of the molecule is CC(C)C[C@H]1CCC(=O)N1C. The molecule has 1 aliphatic heterocycles. The topological polar surface area (TPSA) is 20.3 Å². The largest absolute Gasteiger partial charge is 0.343 e. The quantitative estimate of drug-likeness (QED) is 0.594. The molecule has 0 unspecified atom stereocenters. The average Bonchev–Trinajstić information content (AvgIpc) is 2.18. The highest BCUT2D eigenvalue weighted by atomic mass is 16.2. The van der Waals surface area contributed by atoms with Gasteiger partial charge in [-0.3, -0.25) is 4.79 Å². The van der Waals surface area contributed by atoms with Crippen LogP contribution in [-0.2, 0) is 4.79 Å². The Kier molecular flexibility index (Phi) is 2.53. The van der Waals surface area contributed by atoms with Gasteiger partial charge in [0.1, 0.15) is 0 Å². The Morgan fingerprint density at radius 3 is 2.64 bits per heavy atom. The second-order valence-electron chi connectivity index (χ2n) is 3.83. The van der Waals surface area contributed by atoms with E-state index in [1.54, 1.807) is 0 Å². The lowest BCUT2D eigenvalue weighted by atomic mass is 10.0. The molecule has 1 fully saturated rings. The first-order valence-corrected chi connectivity index (χ1v) is 4.37. The van der Waals surface area contributed by atoms with Crippen LogP contribution in [0.2, 0.25) is 0 Å². The molecule has 0 aromatic rings. The molecule has 0 N–H and O–H groups in total. The van der Waals surface area contributed by atoms with Gasteiger partial charge in [0.25, 0.3) is 0 Å². The maximum atomic E-state index is 11.1. The standard InChI is InChI=1S/C9H17NO/c1-7(2)6-8-4-5-9(11)10(8)3/h7-8H,4-6H2,1-3H3/t8-/m1/s1. The van der Waals surface area contributed by atoms with E-state index >= 15 is 0 Å². The predicted octanol–water partition coefficient (Wildman–Crippen LogP) is 1.65. The number of carbonyl (C=O) groups is 1. The number of likely N-dealkylation sites (tertiary alicyclic amines) is 1. The van der Waals surface area contributed by atoms with E-state index in [1.165, 1.54) is 0 Å². The molecule has 64 valence electrons. The van der Waals surface area contributed by atoms with Crippen LogP contribution in [0.15, 0.2) is 0 Å². The number of hydrogen-bond donors (Lipinski definition) is 0. The first-order valence-electron chi connectivity index (χ1n) is 4.37. The van der Waals surface area contributed by atoms with Crippen LogP contribution >= 0.6 is 0 Å². The minimum Gasteiger partial charge on any atom is -0.343 e. The van der Waals surface area contributed by atoms with Gasteiger partial charge >= 0.3 is 0 Å². The fraction of sp³-hybridized carbons (Fsp3) is 0.889. The molecule has 0 aromatic heterocycles. The summed E-state index contributed by atoms with van der Waals surface area (Å²) in [7, 11) is 1.92. The Balaban J connectivity index is 2.42. The number of nitrogens with zero attached hydrogens (tertiary/aromatic N) is 1. The van der Waals surface area contributed by atoms with Crippen molar-refractivity contribution in [2.24, 2.45) is 5.92 Å².